The second-order valence-corrected chi connectivity index (χ2v) is 14.8. The van der Waals surface area contributed by atoms with Crippen molar-refractivity contribution in [2.24, 2.45) is 0 Å². The molecule has 12 nitrogen and oxygen atoms in total. The highest BCUT2D eigenvalue weighted by Crippen LogP contribution is 2.55. The minimum absolute atomic E-state index is 0.0919. The first kappa shape index (κ1) is 28.5. The Balaban J connectivity index is 1.24. The molecule has 4 atom stereocenters. The van der Waals surface area contributed by atoms with Crippen molar-refractivity contribution in [3.05, 3.63) is 27.3 Å². The van der Waals surface area contributed by atoms with Gasteiger partial charge in [-0.25, -0.2) is 14.6 Å². The average Bonchev–Trinajstić information content (AvgIpc) is 3.79. The molecule has 0 radical (unpaired) electrons. The molecule has 0 amide bonds. The molecule has 0 bridgehead atoms. The van der Waals surface area contributed by atoms with E-state index in [9.17, 15) is 5.26 Å². The number of rotatable bonds is 3. The van der Waals surface area contributed by atoms with Crippen LogP contribution in [0.4, 0.5) is 10.8 Å². The largest absolute Gasteiger partial charge is 0.474 e. The lowest BCUT2D eigenvalue weighted by Crippen LogP contribution is -2.40. The van der Waals surface area contributed by atoms with Gasteiger partial charge in [0, 0.05) is 29.6 Å². The minimum Gasteiger partial charge on any atom is -0.474 e. The summed E-state index contributed by atoms with van der Waals surface area (Å²) in [6.45, 7) is 5.86. The van der Waals surface area contributed by atoms with Gasteiger partial charge in [-0.3, -0.25) is 0 Å². The summed E-state index contributed by atoms with van der Waals surface area (Å²) in [7, 11) is 2.20. The van der Waals surface area contributed by atoms with Gasteiger partial charge in [0.25, 0.3) is 0 Å². The molecule has 4 aromatic rings. The lowest BCUT2D eigenvalue weighted by atomic mass is 9.63. The summed E-state index contributed by atoms with van der Waals surface area (Å²) in [6.07, 6.45) is 8.70. The van der Waals surface area contributed by atoms with E-state index >= 15 is 0 Å². The van der Waals surface area contributed by atoms with Crippen molar-refractivity contribution in [2.75, 3.05) is 50.6 Å². The number of nitriles is 1. The minimum atomic E-state index is -0.404. The zero-order valence-electron chi connectivity index (χ0n) is 26.4. The van der Waals surface area contributed by atoms with Crippen LogP contribution in [-0.4, -0.2) is 81.8 Å². The number of anilines is 2. The Morgan fingerprint density at radius 3 is 2.80 bits per heavy atom. The van der Waals surface area contributed by atoms with E-state index in [2.05, 4.69) is 34.5 Å². The first-order valence-electron chi connectivity index (χ1n) is 16.8. The molecule has 0 unspecified atom stereocenters. The number of aromatic nitrogens is 5. The van der Waals surface area contributed by atoms with Gasteiger partial charge in [0.2, 0.25) is 5.88 Å². The zero-order chi connectivity index (χ0) is 31.2. The quantitative estimate of drug-likeness (QED) is 0.335. The molecule has 3 aliphatic heterocycles. The number of likely N-dealkylation sites (tertiary alicyclic amines) is 1. The average molecular weight is 642 g/mol. The van der Waals surface area contributed by atoms with Crippen LogP contribution in [0.1, 0.15) is 85.2 Å². The van der Waals surface area contributed by atoms with E-state index in [4.69, 9.17) is 40.0 Å². The molecular weight excluding hydrogens is 602 g/mol. The molecule has 240 valence electrons. The molecule has 46 heavy (non-hydrogen) atoms. The molecule has 13 heteroatoms. The Bertz CT molecular complexity index is 1890. The Kier molecular flexibility index (Phi) is 6.60. The second kappa shape index (κ2) is 10.7. The predicted octanol–water partition coefficient (Wildman–Crippen LogP) is 4.60. The van der Waals surface area contributed by atoms with Crippen molar-refractivity contribution in [1.82, 2.24) is 29.8 Å². The van der Waals surface area contributed by atoms with Crippen LogP contribution in [0, 0.1) is 11.3 Å². The summed E-state index contributed by atoms with van der Waals surface area (Å²) in [5.41, 5.74) is 10.2. The van der Waals surface area contributed by atoms with Crippen molar-refractivity contribution >= 4 is 33.2 Å². The number of aryl methyl sites for hydroxylation is 1. The van der Waals surface area contributed by atoms with E-state index in [0.717, 1.165) is 91.6 Å². The second-order valence-electron chi connectivity index (χ2n) is 13.7. The van der Waals surface area contributed by atoms with Gasteiger partial charge >= 0.3 is 0 Å². The summed E-state index contributed by atoms with van der Waals surface area (Å²) in [5, 5.41) is 21.5. The van der Waals surface area contributed by atoms with E-state index in [-0.39, 0.29) is 12.1 Å². The van der Waals surface area contributed by atoms with Crippen LogP contribution < -0.4 is 15.4 Å². The van der Waals surface area contributed by atoms with E-state index in [1.807, 2.05) is 0 Å². The number of nitrogens with zero attached hydrogens (tertiary/aromatic N) is 8. The third-order valence-corrected chi connectivity index (χ3v) is 12.4. The lowest BCUT2D eigenvalue weighted by Gasteiger charge is -2.39. The van der Waals surface area contributed by atoms with Gasteiger partial charge in [0.05, 0.1) is 29.7 Å². The smallest absolute Gasteiger partial charge is 0.246 e. The van der Waals surface area contributed by atoms with Gasteiger partial charge in [-0.05, 0) is 83.9 Å². The molecule has 2 saturated heterocycles. The molecule has 0 aromatic carbocycles. The zero-order valence-corrected chi connectivity index (χ0v) is 27.2. The third-order valence-electron chi connectivity index (χ3n) is 11.3. The monoisotopic (exact) mass is 641 g/mol. The van der Waals surface area contributed by atoms with Crippen LogP contribution in [0.5, 0.6) is 5.88 Å². The molecule has 2 fully saturated rings. The van der Waals surface area contributed by atoms with Crippen LogP contribution in [0.15, 0.2) is 4.52 Å². The summed E-state index contributed by atoms with van der Waals surface area (Å²) < 4.78 is 20.8. The maximum absolute atomic E-state index is 10.2. The highest BCUT2D eigenvalue weighted by Gasteiger charge is 2.49. The Morgan fingerprint density at radius 2 is 1.98 bits per heavy atom. The fourth-order valence-electron chi connectivity index (χ4n) is 9.06. The number of fused-ring (bicyclic) bond motifs is 6. The highest BCUT2D eigenvalue weighted by atomic mass is 32.1. The number of hydrogen-bond acceptors (Lipinski definition) is 12. The van der Waals surface area contributed by atoms with Crippen molar-refractivity contribution < 1.29 is 14.0 Å². The third kappa shape index (κ3) is 4.02. The molecule has 5 aliphatic rings. The van der Waals surface area contributed by atoms with Gasteiger partial charge in [0.15, 0.2) is 22.9 Å². The van der Waals surface area contributed by atoms with Crippen molar-refractivity contribution in [1.29, 1.82) is 5.26 Å². The van der Waals surface area contributed by atoms with Gasteiger partial charge < -0.3 is 29.5 Å². The van der Waals surface area contributed by atoms with E-state index < -0.39 is 5.41 Å². The van der Waals surface area contributed by atoms with Crippen LogP contribution in [0.2, 0.25) is 0 Å². The molecule has 4 aromatic heterocycles. The normalized spacial score (nSPS) is 26.6. The van der Waals surface area contributed by atoms with Gasteiger partial charge in [-0.15, -0.1) is 16.4 Å². The van der Waals surface area contributed by atoms with E-state index in [0.29, 0.717) is 60.4 Å². The van der Waals surface area contributed by atoms with Gasteiger partial charge in [0.1, 0.15) is 28.9 Å². The summed E-state index contributed by atoms with van der Waals surface area (Å²) in [4.78, 5) is 16.5. The topological polar surface area (TPSA) is 144 Å². The van der Waals surface area contributed by atoms with Crippen molar-refractivity contribution in [2.45, 2.75) is 88.3 Å². The van der Waals surface area contributed by atoms with Crippen LogP contribution in [-0.2, 0) is 23.0 Å². The number of nitrogens with two attached hydrogens (primary N) is 1. The molecule has 2 aliphatic carbocycles. The molecule has 9 rings (SSSR count). The number of likely N-dealkylation sites (N-methyl/N-ethyl adjacent to an activating group) is 1. The summed E-state index contributed by atoms with van der Waals surface area (Å²) >= 11 is 1.56. The highest BCUT2D eigenvalue weighted by molar-refractivity contribution is 7.16. The Hall–Kier alpha value is -3.73. The fraction of sp³-hybridized carbons (Fsp3) is 0.606. The lowest BCUT2D eigenvalue weighted by molar-refractivity contribution is 0.147. The van der Waals surface area contributed by atoms with Gasteiger partial charge in [-0.2, -0.15) is 5.26 Å². The molecule has 0 saturated carbocycles. The first-order chi connectivity index (χ1) is 22.5. The number of nitrogen functional groups attached to an aromatic ring is 1. The van der Waals surface area contributed by atoms with Crippen LogP contribution in [0.3, 0.4) is 0 Å². The van der Waals surface area contributed by atoms with Gasteiger partial charge in [-0.1, -0.05) is 5.16 Å². The Morgan fingerprint density at radius 1 is 1.11 bits per heavy atom. The summed E-state index contributed by atoms with van der Waals surface area (Å²) in [6, 6.07) is 3.00. The number of ether oxygens (including phenoxy) is 2. The Labute approximate surface area is 271 Å². The maximum atomic E-state index is 10.2. The van der Waals surface area contributed by atoms with Crippen molar-refractivity contribution in [3.63, 3.8) is 0 Å². The number of thiophene rings is 1. The van der Waals surface area contributed by atoms with Crippen LogP contribution in [0.25, 0.3) is 22.6 Å². The fourth-order valence-corrected chi connectivity index (χ4v) is 10.2. The standard InChI is InChI=1S/C33H39N9O3S/c1-18(22-7-5-12-40(22)2)42-31-24-30(41-13-15-43-14-9-19(41)17-44-32(24)38-42)36-29(37-31)26-20-6-3-10-33(27(20)45-39-26)11-4-8-23-25(33)21(16-34)28(35)46-23/h18-19,22H,3-15,17,35H2,1-2H3/t18-,19-,22-,33-/m0/s1. The first-order valence-corrected chi connectivity index (χ1v) is 17.6. The predicted molar refractivity (Wildman–Crippen MR) is 173 cm³/mol. The molecule has 7 heterocycles. The van der Waals surface area contributed by atoms with Crippen LogP contribution >= 0.6 is 11.3 Å². The molecule has 2 N–H and O–H groups in total. The number of hydrogen-bond donors (Lipinski definition) is 1. The molecular formula is C33H39N9O3S. The SMILES string of the molecule is C[C@@H]([C@@H]1CCCN1C)n1nc2c3c(nc(-c4noc5c4CCC[C@@]54CCCc5sc(N)c(C#N)c54)nc31)N1CCOCC[C@H]1CO2. The van der Waals surface area contributed by atoms with Crippen molar-refractivity contribution in [3.8, 4) is 23.5 Å². The molecule has 1 spiro atoms. The van der Waals surface area contributed by atoms with E-state index in [1.165, 1.54) is 11.3 Å². The van der Waals surface area contributed by atoms with E-state index in [1.54, 1.807) is 11.3 Å². The maximum Gasteiger partial charge on any atom is 0.246 e. The summed E-state index contributed by atoms with van der Waals surface area (Å²) in [5.74, 6) is 2.85.